The molecule has 3 aromatic rings. The van der Waals surface area contributed by atoms with E-state index in [4.69, 9.17) is 0 Å². The maximum absolute atomic E-state index is 13.1. The van der Waals surface area contributed by atoms with E-state index in [9.17, 15) is 17.6 Å². The molecule has 8 nitrogen and oxygen atoms in total. The third-order valence-corrected chi connectivity index (χ3v) is 7.49. The largest absolute Gasteiger partial charge is 0.352 e. The van der Waals surface area contributed by atoms with Crippen molar-refractivity contribution >= 4 is 15.9 Å². The molecular weight excluding hydrogens is 433 g/mol. The van der Waals surface area contributed by atoms with Gasteiger partial charge < -0.3 is 5.32 Å². The molecular formula is C22H24FN5O3S. The van der Waals surface area contributed by atoms with Gasteiger partial charge in [0.2, 0.25) is 15.9 Å². The number of carbonyl (C=O) groups excluding carboxylic acids is 1. The Morgan fingerprint density at radius 1 is 1.03 bits per heavy atom. The van der Waals surface area contributed by atoms with Crippen LogP contribution in [-0.4, -0.2) is 46.5 Å². The molecule has 1 fully saturated rings. The number of hydrogen-bond donors (Lipinski definition) is 1. The highest BCUT2D eigenvalue weighted by atomic mass is 32.2. The molecule has 0 radical (unpaired) electrons. The topological polar surface area (TPSA) is 97.2 Å². The summed E-state index contributed by atoms with van der Waals surface area (Å²) in [6, 6.07) is 12.7. The van der Waals surface area contributed by atoms with Gasteiger partial charge in [-0.15, -0.1) is 0 Å². The van der Waals surface area contributed by atoms with Crippen molar-refractivity contribution in [1.82, 2.24) is 24.4 Å². The van der Waals surface area contributed by atoms with E-state index in [0.717, 1.165) is 23.3 Å². The molecule has 1 aromatic heterocycles. The lowest BCUT2D eigenvalue weighted by atomic mass is 9.97. The van der Waals surface area contributed by atoms with Crippen molar-refractivity contribution in [2.45, 2.75) is 30.8 Å². The molecule has 0 aliphatic carbocycles. The highest BCUT2D eigenvalue weighted by molar-refractivity contribution is 7.89. The molecule has 0 spiro atoms. The quantitative estimate of drug-likeness (QED) is 0.587. The summed E-state index contributed by atoms with van der Waals surface area (Å²) < 4.78 is 41.6. The minimum Gasteiger partial charge on any atom is -0.352 e. The fourth-order valence-electron chi connectivity index (χ4n) is 3.71. The van der Waals surface area contributed by atoms with Gasteiger partial charge in [-0.25, -0.2) is 22.5 Å². The van der Waals surface area contributed by atoms with Crippen LogP contribution in [0.5, 0.6) is 0 Å². The van der Waals surface area contributed by atoms with E-state index >= 15 is 0 Å². The van der Waals surface area contributed by atoms with Crippen LogP contribution < -0.4 is 5.32 Å². The summed E-state index contributed by atoms with van der Waals surface area (Å²) in [7, 11) is -3.68. The number of nitrogens with one attached hydrogen (secondary N) is 1. The zero-order chi connectivity index (χ0) is 22.6. The summed E-state index contributed by atoms with van der Waals surface area (Å²) >= 11 is 0. The first-order valence-electron chi connectivity index (χ1n) is 10.4. The molecule has 0 atom stereocenters. The van der Waals surface area contributed by atoms with E-state index < -0.39 is 15.8 Å². The summed E-state index contributed by atoms with van der Waals surface area (Å²) in [5.41, 5.74) is 2.07. The second-order valence-corrected chi connectivity index (χ2v) is 9.70. The van der Waals surface area contributed by atoms with Gasteiger partial charge in [-0.05, 0) is 48.2 Å². The molecule has 0 unspecified atom stereocenters. The number of sulfonamides is 1. The summed E-state index contributed by atoms with van der Waals surface area (Å²) in [6.07, 6.45) is 4.04. The van der Waals surface area contributed by atoms with Crippen molar-refractivity contribution in [1.29, 1.82) is 0 Å². The maximum Gasteiger partial charge on any atom is 0.243 e. The van der Waals surface area contributed by atoms with Crippen LogP contribution in [0.1, 0.15) is 24.0 Å². The molecule has 1 amide bonds. The van der Waals surface area contributed by atoms with Crippen molar-refractivity contribution in [3.63, 3.8) is 0 Å². The minimum absolute atomic E-state index is 0.0640. The smallest absolute Gasteiger partial charge is 0.243 e. The summed E-state index contributed by atoms with van der Waals surface area (Å²) in [5, 5.41) is 7.03. The number of halogens is 1. The van der Waals surface area contributed by atoms with Gasteiger partial charge in [-0.3, -0.25) is 4.79 Å². The van der Waals surface area contributed by atoms with Crippen molar-refractivity contribution in [3.05, 3.63) is 78.1 Å². The Kier molecular flexibility index (Phi) is 6.61. The fraction of sp³-hybridized carbons (Fsp3) is 0.318. The maximum atomic E-state index is 13.1. The Labute approximate surface area is 186 Å². The highest BCUT2D eigenvalue weighted by Crippen LogP contribution is 2.24. The monoisotopic (exact) mass is 457 g/mol. The van der Waals surface area contributed by atoms with E-state index in [1.54, 1.807) is 11.0 Å². The summed E-state index contributed by atoms with van der Waals surface area (Å²) in [5.74, 6) is -0.791. The Bertz CT molecular complexity index is 1140. The van der Waals surface area contributed by atoms with Crippen LogP contribution in [-0.2, 0) is 27.9 Å². The molecule has 4 rings (SSSR count). The van der Waals surface area contributed by atoms with Crippen LogP contribution in [0.2, 0.25) is 0 Å². The van der Waals surface area contributed by atoms with Crippen LogP contribution >= 0.6 is 0 Å². The SMILES string of the molecule is O=C(NCc1ccc(Cn2cncn2)cc1)C1CCN(S(=O)(=O)c2ccc(F)cc2)CC1. The van der Waals surface area contributed by atoms with Crippen LogP contribution in [0.15, 0.2) is 66.1 Å². The predicted octanol–water partition coefficient (Wildman–Crippen LogP) is 2.18. The first kappa shape index (κ1) is 22.1. The molecule has 1 aliphatic heterocycles. The lowest BCUT2D eigenvalue weighted by molar-refractivity contribution is -0.126. The van der Waals surface area contributed by atoms with Crippen molar-refractivity contribution in [3.8, 4) is 0 Å². The molecule has 168 valence electrons. The Hall–Kier alpha value is -3.11. The number of amides is 1. The van der Waals surface area contributed by atoms with Gasteiger partial charge in [-0.2, -0.15) is 9.40 Å². The average Bonchev–Trinajstić information content (AvgIpc) is 3.32. The molecule has 2 heterocycles. The van der Waals surface area contributed by atoms with Gasteiger partial charge >= 0.3 is 0 Å². The number of aromatic nitrogens is 3. The molecule has 2 aromatic carbocycles. The lowest BCUT2D eigenvalue weighted by Crippen LogP contribution is -2.42. The zero-order valence-corrected chi connectivity index (χ0v) is 18.2. The number of benzene rings is 2. The number of carbonyl (C=O) groups is 1. The lowest BCUT2D eigenvalue weighted by Gasteiger charge is -2.30. The van der Waals surface area contributed by atoms with E-state index in [-0.39, 0.29) is 29.8 Å². The van der Waals surface area contributed by atoms with Crippen LogP contribution in [0.3, 0.4) is 0 Å². The molecule has 0 bridgehead atoms. The average molecular weight is 458 g/mol. The van der Waals surface area contributed by atoms with Crippen LogP contribution in [0.4, 0.5) is 4.39 Å². The van der Waals surface area contributed by atoms with Crippen molar-refractivity contribution in [2.24, 2.45) is 5.92 Å². The molecule has 1 aliphatic rings. The Morgan fingerprint density at radius 2 is 1.69 bits per heavy atom. The van der Waals surface area contributed by atoms with E-state index in [1.165, 1.54) is 22.8 Å². The first-order chi connectivity index (χ1) is 15.4. The highest BCUT2D eigenvalue weighted by Gasteiger charge is 2.32. The van der Waals surface area contributed by atoms with Gasteiger partial charge in [0.25, 0.3) is 0 Å². The van der Waals surface area contributed by atoms with Crippen LogP contribution in [0, 0.1) is 11.7 Å². The zero-order valence-electron chi connectivity index (χ0n) is 17.4. The number of rotatable bonds is 7. The molecule has 10 heteroatoms. The van der Waals surface area contributed by atoms with Gasteiger partial charge in [0.1, 0.15) is 18.5 Å². The summed E-state index contributed by atoms with van der Waals surface area (Å²) in [4.78, 5) is 16.6. The number of piperidine rings is 1. The van der Waals surface area contributed by atoms with Gasteiger partial charge in [0.15, 0.2) is 0 Å². The third-order valence-electron chi connectivity index (χ3n) is 5.58. The standard InChI is InChI=1S/C22H24FN5O3S/c23-20-5-7-21(8-6-20)32(30,31)28-11-9-19(10-12-28)22(29)25-13-17-1-3-18(4-2-17)14-27-16-24-15-26-27/h1-8,15-16,19H,9-14H2,(H,25,29). The normalized spacial score (nSPS) is 15.5. The number of nitrogens with zero attached hydrogens (tertiary/aromatic N) is 4. The van der Waals surface area contributed by atoms with Crippen molar-refractivity contribution in [2.75, 3.05) is 13.1 Å². The molecule has 1 N–H and O–H groups in total. The Balaban J connectivity index is 1.26. The fourth-order valence-corrected chi connectivity index (χ4v) is 5.18. The Morgan fingerprint density at radius 3 is 2.31 bits per heavy atom. The molecule has 32 heavy (non-hydrogen) atoms. The minimum atomic E-state index is -3.68. The third kappa shape index (κ3) is 5.20. The molecule has 1 saturated heterocycles. The second-order valence-electron chi connectivity index (χ2n) is 7.76. The predicted molar refractivity (Wildman–Crippen MR) is 115 cm³/mol. The van der Waals surface area contributed by atoms with E-state index in [0.29, 0.717) is 25.9 Å². The molecule has 0 saturated carbocycles. The van der Waals surface area contributed by atoms with Gasteiger partial charge in [0.05, 0.1) is 11.4 Å². The van der Waals surface area contributed by atoms with E-state index in [1.807, 2.05) is 24.3 Å². The van der Waals surface area contributed by atoms with Crippen LogP contribution in [0.25, 0.3) is 0 Å². The van der Waals surface area contributed by atoms with Gasteiger partial charge in [0, 0.05) is 25.6 Å². The first-order valence-corrected chi connectivity index (χ1v) is 11.8. The van der Waals surface area contributed by atoms with Gasteiger partial charge in [-0.1, -0.05) is 24.3 Å². The second kappa shape index (κ2) is 9.58. The van der Waals surface area contributed by atoms with E-state index in [2.05, 4.69) is 15.4 Å². The number of hydrogen-bond acceptors (Lipinski definition) is 5. The summed E-state index contributed by atoms with van der Waals surface area (Å²) in [6.45, 7) is 1.56. The van der Waals surface area contributed by atoms with Crippen molar-refractivity contribution < 1.29 is 17.6 Å².